The summed E-state index contributed by atoms with van der Waals surface area (Å²) < 4.78 is 2.33. The molecule has 3 rings (SSSR count). The molecule has 0 saturated heterocycles. The summed E-state index contributed by atoms with van der Waals surface area (Å²) in [6.07, 6.45) is 4.29. The van der Waals surface area contributed by atoms with Gasteiger partial charge in [0, 0.05) is 23.6 Å². The van der Waals surface area contributed by atoms with Crippen LogP contribution < -0.4 is 5.73 Å². The van der Waals surface area contributed by atoms with Gasteiger partial charge >= 0.3 is 0 Å². The molecule has 20 heavy (non-hydrogen) atoms. The number of hydrogen-bond acceptors (Lipinski definition) is 1. The van der Waals surface area contributed by atoms with Gasteiger partial charge in [-0.2, -0.15) is 0 Å². The average Bonchev–Trinajstić information content (AvgIpc) is 2.85. The quantitative estimate of drug-likeness (QED) is 0.750. The van der Waals surface area contributed by atoms with Crippen LogP contribution in [-0.2, 0) is 13.0 Å². The fraction of sp³-hybridized carbons (Fsp3) is 0.222. The van der Waals surface area contributed by atoms with E-state index >= 15 is 0 Å². The van der Waals surface area contributed by atoms with E-state index < -0.39 is 0 Å². The average molecular weight is 264 g/mol. The van der Waals surface area contributed by atoms with Crippen molar-refractivity contribution in [1.82, 2.24) is 4.57 Å². The Balaban J connectivity index is 1.98. The van der Waals surface area contributed by atoms with E-state index in [2.05, 4.69) is 65.4 Å². The lowest BCUT2D eigenvalue weighted by atomic mass is 10.0. The van der Waals surface area contributed by atoms with Gasteiger partial charge in [0.2, 0.25) is 0 Å². The summed E-state index contributed by atoms with van der Waals surface area (Å²) in [6, 6.07) is 19.3. The lowest BCUT2D eigenvalue weighted by Crippen LogP contribution is -2.04. The first kappa shape index (κ1) is 12.9. The van der Waals surface area contributed by atoms with Crippen molar-refractivity contribution in [2.24, 2.45) is 5.73 Å². The summed E-state index contributed by atoms with van der Waals surface area (Å²) in [5.41, 5.74) is 9.70. The molecule has 0 radical (unpaired) electrons. The van der Waals surface area contributed by atoms with E-state index in [-0.39, 0.29) is 0 Å². The molecule has 1 aromatic heterocycles. The molecule has 0 fully saturated rings. The number of nitrogens with zero attached hydrogens (tertiary/aromatic N) is 1. The van der Waals surface area contributed by atoms with Crippen LogP contribution in [0.15, 0.2) is 60.8 Å². The van der Waals surface area contributed by atoms with Gasteiger partial charge in [-0.3, -0.25) is 0 Å². The zero-order valence-corrected chi connectivity index (χ0v) is 11.6. The van der Waals surface area contributed by atoms with E-state index in [0.29, 0.717) is 0 Å². The van der Waals surface area contributed by atoms with Gasteiger partial charge in [-0.25, -0.2) is 0 Å². The van der Waals surface area contributed by atoms with Gasteiger partial charge in [-0.1, -0.05) is 48.5 Å². The Morgan fingerprint density at radius 2 is 1.65 bits per heavy atom. The van der Waals surface area contributed by atoms with Crippen molar-refractivity contribution in [2.75, 3.05) is 6.54 Å². The summed E-state index contributed by atoms with van der Waals surface area (Å²) in [5, 5.41) is 1.35. The topological polar surface area (TPSA) is 30.9 Å². The predicted molar refractivity (Wildman–Crippen MR) is 84.9 cm³/mol. The molecule has 0 atom stereocenters. The van der Waals surface area contributed by atoms with Crippen LogP contribution in [0, 0.1) is 0 Å². The number of aromatic nitrogens is 1. The van der Waals surface area contributed by atoms with Gasteiger partial charge in [0.25, 0.3) is 0 Å². The van der Waals surface area contributed by atoms with Crippen LogP contribution in [0.3, 0.4) is 0 Å². The lowest BCUT2D eigenvalue weighted by molar-refractivity contribution is 0.669. The maximum Gasteiger partial charge on any atom is 0.0483 e. The smallest absolute Gasteiger partial charge is 0.0483 e. The number of para-hydroxylation sites is 1. The third-order valence-corrected chi connectivity index (χ3v) is 3.71. The molecule has 2 N–H and O–H groups in total. The number of benzene rings is 2. The molecule has 0 bridgehead atoms. The minimum absolute atomic E-state index is 0.737. The van der Waals surface area contributed by atoms with E-state index in [1.165, 1.54) is 22.0 Å². The number of hydrogen-bond donors (Lipinski definition) is 1. The Kier molecular flexibility index (Phi) is 3.84. The fourth-order valence-electron chi connectivity index (χ4n) is 2.73. The van der Waals surface area contributed by atoms with Crippen LogP contribution in [0.1, 0.15) is 17.5 Å². The Morgan fingerprint density at radius 1 is 0.900 bits per heavy atom. The van der Waals surface area contributed by atoms with Gasteiger partial charge < -0.3 is 10.3 Å². The predicted octanol–water partition coefficient (Wildman–Crippen LogP) is 3.58. The second-order valence-electron chi connectivity index (χ2n) is 5.17. The van der Waals surface area contributed by atoms with Crippen molar-refractivity contribution < 1.29 is 0 Å². The van der Waals surface area contributed by atoms with Crippen LogP contribution >= 0.6 is 0 Å². The molecule has 2 heteroatoms. The summed E-state index contributed by atoms with van der Waals surface area (Å²) in [7, 11) is 0. The first-order valence-electron chi connectivity index (χ1n) is 7.19. The first-order chi connectivity index (χ1) is 9.88. The van der Waals surface area contributed by atoms with E-state index in [9.17, 15) is 0 Å². The number of rotatable bonds is 5. The number of nitrogens with two attached hydrogens (primary N) is 1. The molecule has 102 valence electrons. The van der Waals surface area contributed by atoms with Crippen LogP contribution in [0.25, 0.3) is 10.9 Å². The van der Waals surface area contributed by atoms with E-state index in [0.717, 1.165) is 25.9 Å². The maximum absolute atomic E-state index is 5.64. The molecular formula is C18H20N2. The minimum atomic E-state index is 0.737. The van der Waals surface area contributed by atoms with Crippen molar-refractivity contribution in [3.05, 3.63) is 71.9 Å². The van der Waals surface area contributed by atoms with Crippen LogP contribution in [-0.4, -0.2) is 11.1 Å². The molecule has 0 aliphatic rings. The van der Waals surface area contributed by atoms with Gasteiger partial charge in [0.05, 0.1) is 0 Å². The van der Waals surface area contributed by atoms with Crippen molar-refractivity contribution in [3.8, 4) is 0 Å². The van der Waals surface area contributed by atoms with Crippen molar-refractivity contribution in [2.45, 2.75) is 19.4 Å². The molecule has 2 aromatic carbocycles. The van der Waals surface area contributed by atoms with E-state index in [1.54, 1.807) is 0 Å². The second-order valence-corrected chi connectivity index (χ2v) is 5.17. The van der Waals surface area contributed by atoms with Gasteiger partial charge in [-0.15, -0.1) is 0 Å². The van der Waals surface area contributed by atoms with E-state index in [1.807, 2.05) is 0 Å². The van der Waals surface area contributed by atoms with Gasteiger partial charge in [-0.05, 0) is 36.6 Å². The highest BCUT2D eigenvalue weighted by Crippen LogP contribution is 2.24. The summed E-state index contributed by atoms with van der Waals surface area (Å²) >= 11 is 0. The monoisotopic (exact) mass is 264 g/mol. The Morgan fingerprint density at radius 3 is 2.45 bits per heavy atom. The molecule has 0 spiro atoms. The van der Waals surface area contributed by atoms with E-state index in [4.69, 9.17) is 5.73 Å². The second kappa shape index (κ2) is 5.93. The van der Waals surface area contributed by atoms with Gasteiger partial charge in [0.15, 0.2) is 0 Å². The molecule has 0 aliphatic carbocycles. The first-order valence-corrected chi connectivity index (χ1v) is 7.19. The molecule has 0 saturated carbocycles. The van der Waals surface area contributed by atoms with Crippen LogP contribution in [0.5, 0.6) is 0 Å². The minimum Gasteiger partial charge on any atom is -0.347 e. The molecular weight excluding hydrogens is 244 g/mol. The number of aryl methyl sites for hydroxylation is 1. The number of fused-ring (bicyclic) bond motifs is 1. The third-order valence-electron chi connectivity index (χ3n) is 3.71. The lowest BCUT2D eigenvalue weighted by Gasteiger charge is -2.02. The molecule has 2 nitrogen and oxygen atoms in total. The van der Waals surface area contributed by atoms with Gasteiger partial charge in [0.1, 0.15) is 0 Å². The molecule has 3 aromatic rings. The normalized spacial score (nSPS) is 11.1. The molecule has 1 heterocycles. The van der Waals surface area contributed by atoms with Crippen molar-refractivity contribution in [3.63, 3.8) is 0 Å². The summed E-state index contributed by atoms with van der Waals surface area (Å²) in [6.45, 7) is 1.73. The van der Waals surface area contributed by atoms with Crippen LogP contribution in [0.4, 0.5) is 0 Å². The maximum atomic E-state index is 5.64. The Labute approximate surface area is 119 Å². The highest BCUT2D eigenvalue weighted by Gasteiger charge is 2.08. The largest absolute Gasteiger partial charge is 0.347 e. The zero-order chi connectivity index (χ0) is 13.8. The summed E-state index contributed by atoms with van der Waals surface area (Å²) in [4.78, 5) is 0. The standard InChI is InChI=1S/C18H20N2/c19-11-6-12-20-14-16(13-15-7-2-1-3-8-15)17-9-4-5-10-18(17)20/h1-5,7-10,14H,6,11-13,19H2. The highest BCUT2D eigenvalue weighted by molar-refractivity contribution is 5.84. The molecule has 0 amide bonds. The summed E-state index contributed by atoms with van der Waals surface area (Å²) in [5.74, 6) is 0. The SMILES string of the molecule is NCCCn1cc(Cc2ccccc2)c2ccccc21. The fourth-order valence-corrected chi connectivity index (χ4v) is 2.73. The highest BCUT2D eigenvalue weighted by atomic mass is 15.0. The molecule has 0 unspecified atom stereocenters. The Hall–Kier alpha value is -2.06. The Bertz CT molecular complexity index is 683. The van der Waals surface area contributed by atoms with Crippen molar-refractivity contribution >= 4 is 10.9 Å². The third kappa shape index (κ3) is 2.61. The van der Waals surface area contributed by atoms with Crippen molar-refractivity contribution in [1.29, 1.82) is 0 Å². The zero-order valence-electron chi connectivity index (χ0n) is 11.6. The molecule has 0 aliphatic heterocycles. The van der Waals surface area contributed by atoms with Crippen LogP contribution in [0.2, 0.25) is 0 Å².